The van der Waals surface area contributed by atoms with Crippen LogP contribution in [0.4, 0.5) is 17.1 Å². The van der Waals surface area contributed by atoms with E-state index >= 15 is 0 Å². The molecule has 0 aliphatic rings. The number of hydrogen-bond donors (Lipinski definition) is 0. The van der Waals surface area contributed by atoms with Crippen molar-refractivity contribution in [3.05, 3.63) is 237 Å². The fourth-order valence-electron chi connectivity index (χ4n) is 10.1. The molecular formula is C62H39NO2. The second-order valence-corrected chi connectivity index (χ2v) is 16.8. The zero-order valence-electron chi connectivity index (χ0n) is 35.3. The first kappa shape index (κ1) is 36.9. The Labute approximate surface area is 375 Å². The summed E-state index contributed by atoms with van der Waals surface area (Å²) in [6, 6.07) is 84.9. The Morgan fingerprint density at radius 2 is 0.785 bits per heavy atom. The number of anilines is 3. The van der Waals surface area contributed by atoms with Crippen molar-refractivity contribution in [2.45, 2.75) is 0 Å². The molecule has 0 aliphatic heterocycles. The topological polar surface area (TPSA) is 29.5 Å². The molecule has 11 aromatic carbocycles. The summed E-state index contributed by atoms with van der Waals surface area (Å²) in [6.45, 7) is 0. The molecule has 13 aromatic rings. The largest absolute Gasteiger partial charge is 0.456 e. The molecule has 0 amide bonds. The molecule has 0 aliphatic carbocycles. The number of rotatable bonds is 7. The van der Waals surface area contributed by atoms with Crippen LogP contribution in [-0.4, -0.2) is 0 Å². The molecule has 65 heavy (non-hydrogen) atoms. The van der Waals surface area contributed by atoms with E-state index in [1.165, 1.54) is 27.3 Å². The van der Waals surface area contributed by atoms with Crippen LogP contribution in [0.5, 0.6) is 0 Å². The Balaban J connectivity index is 1.11. The second-order valence-electron chi connectivity index (χ2n) is 16.8. The van der Waals surface area contributed by atoms with Crippen LogP contribution >= 0.6 is 0 Å². The van der Waals surface area contributed by atoms with Gasteiger partial charge in [0.25, 0.3) is 0 Å². The van der Waals surface area contributed by atoms with Crippen LogP contribution < -0.4 is 4.90 Å². The van der Waals surface area contributed by atoms with Gasteiger partial charge < -0.3 is 13.7 Å². The van der Waals surface area contributed by atoms with Crippen molar-refractivity contribution in [3.63, 3.8) is 0 Å². The van der Waals surface area contributed by atoms with Crippen LogP contribution in [0.2, 0.25) is 0 Å². The van der Waals surface area contributed by atoms with E-state index in [1.807, 2.05) is 18.2 Å². The van der Waals surface area contributed by atoms with Crippen molar-refractivity contribution >= 4 is 82.5 Å². The molecule has 0 unspecified atom stereocenters. The van der Waals surface area contributed by atoms with Crippen molar-refractivity contribution in [2.75, 3.05) is 4.90 Å². The summed E-state index contributed by atoms with van der Waals surface area (Å²) in [5.41, 5.74) is 15.6. The van der Waals surface area contributed by atoms with Crippen LogP contribution in [0.15, 0.2) is 245 Å². The fraction of sp³-hybridized carbons (Fsp3) is 0. The highest BCUT2D eigenvalue weighted by Crippen LogP contribution is 2.52. The summed E-state index contributed by atoms with van der Waals surface area (Å²) >= 11 is 0. The van der Waals surface area contributed by atoms with Crippen molar-refractivity contribution in [1.82, 2.24) is 0 Å². The summed E-state index contributed by atoms with van der Waals surface area (Å²) in [6.07, 6.45) is 0. The summed E-state index contributed by atoms with van der Waals surface area (Å²) in [5, 5.41) is 9.17. The summed E-state index contributed by atoms with van der Waals surface area (Å²) in [5.74, 6) is 0. The number of para-hydroxylation sites is 4. The van der Waals surface area contributed by atoms with Gasteiger partial charge in [-0.2, -0.15) is 0 Å². The summed E-state index contributed by atoms with van der Waals surface area (Å²) in [4.78, 5) is 2.50. The average molecular weight is 830 g/mol. The molecule has 2 heterocycles. The maximum Gasteiger partial charge on any atom is 0.143 e. The molecular weight excluding hydrogens is 791 g/mol. The minimum Gasteiger partial charge on any atom is -0.456 e. The van der Waals surface area contributed by atoms with Gasteiger partial charge in [-0.1, -0.05) is 194 Å². The van der Waals surface area contributed by atoms with E-state index in [4.69, 9.17) is 8.83 Å². The van der Waals surface area contributed by atoms with Gasteiger partial charge in [-0.15, -0.1) is 0 Å². The normalized spacial score (nSPS) is 11.7. The van der Waals surface area contributed by atoms with E-state index in [0.717, 1.165) is 99.7 Å². The number of fused-ring (bicyclic) bond motifs is 9. The van der Waals surface area contributed by atoms with Gasteiger partial charge >= 0.3 is 0 Å². The molecule has 3 heteroatoms. The molecule has 2 aromatic heterocycles. The Hall–Kier alpha value is -8.66. The fourth-order valence-corrected chi connectivity index (χ4v) is 10.1. The predicted octanol–water partition coefficient (Wildman–Crippen LogP) is 17.9. The maximum absolute atomic E-state index is 6.76. The van der Waals surface area contributed by atoms with E-state index in [9.17, 15) is 0 Å². The van der Waals surface area contributed by atoms with E-state index in [-0.39, 0.29) is 0 Å². The first-order valence-corrected chi connectivity index (χ1v) is 22.2. The molecule has 0 fully saturated rings. The van der Waals surface area contributed by atoms with Gasteiger partial charge in [-0.05, 0) is 86.4 Å². The number of benzene rings is 11. The minimum absolute atomic E-state index is 0.870. The smallest absolute Gasteiger partial charge is 0.143 e. The zero-order chi connectivity index (χ0) is 42.8. The second kappa shape index (κ2) is 15.0. The lowest BCUT2D eigenvalue weighted by Gasteiger charge is -2.32. The third-order valence-corrected chi connectivity index (χ3v) is 13.1. The van der Waals surface area contributed by atoms with Gasteiger partial charge in [0.1, 0.15) is 22.3 Å². The molecule has 0 spiro atoms. The van der Waals surface area contributed by atoms with E-state index in [2.05, 4.69) is 223 Å². The van der Waals surface area contributed by atoms with E-state index in [1.54, 1.807) is 0 Å². The highest BCUT2D eigenvalue weighted by atomic mass is 16.3. The summed E-state index contributed by atoms with van der Waals surface area (Å²) in [7, 11) is 0. The zero-order valence-corrected chi connectivity index (χ0v) is 35.3. The Morgan fingerprint density at radius 3 is 1.58 bits per heavy atom. The predicted molar refractivity (Wildman–Crippen MR) is 272 cm³/mol. The molecule has 0 saturated heterocycles. The van der Waals surface area contributed by atoms with Crippen LogP contribution in [-0.2, 0) is 0 Å². The molecule has 3 nitrogen and oxygen atoms in total. The first-order valence-electron chi connectivity index (χ1n) is 22.2. The molecule has 0 radical (unpaired) electrons. The van der Waals surface area contributed by atoms with Crippen LogP contribution in [0, 0.1) is 0 Å². The Kier molecular flexibility index (Phi) is 8.53. The lowest BCUT2D eigenvalue weighted by molar-refractivity contribution is 0.669. The lowest BCUT2D eigenvalue weighted by Crippen LogP contribution is -2.13. The van der Waals surface area contributed by atoms with Crippen LogP contribution in [0.1, 0.15) is 0 Å². The first-order chi connectivity index (χ1) is 32.2. The molecule has 0 saturated carbocycles. The van der Waals surface area contributed by atoms with Gasteiger partial charge in [-0.25, -0.2) is 0 Å². The Bertz CT molecular complexity index is 3950. The van der Waals surface area contributed by atoms with Gasteiger partial charge in [0.05, 0.1) is 11.4 Å². The number of furan rings is 2. The van der Waals surface area contributed by atoms with Gasteiger partial charge in [0.15, 0.2) is 0 Å². The third-order valence-electron chi connectivity index (χ3n) is 13.1. The number of hydrogen-bond acceptors (Lipinski definition) is 3. The van der Waals surface area contributed by atoms with Gasteiger partial charge in [0.2, 0.25) is 0 Å². The molecule has 13 rings (SSSR count). The van der Waals surface area contributed by atoms with Crippen LogP contribution in [0.3, 0.4) is 0 Å². The standard InChI is InChI=1S/C62H39NO2/c1-2-16-40(17-3-1)41-32-34-42(35-33-41)60-52-25-6-4-20-46(52)47-21-5-7-26-53(47)61(60)63(45-19-14-18-43(38-45)44-36-37-51-49-23-9-12-30-57(49)64-59(51)39-44)56-29-11-8-22-48(56)54-27-15-28-55-50-24-10-13-31-58(50)65-62(54)55/h1-39H. The lowest BCUT2D eigenvalue weighted by atomic mass is 9.88. The molecule has 0 N–H and O–H groups in total. The molecule has 0 atom stereocenters. The SMILES string of the molecule is c1ccc(-c2ccc(-c3c(N(c4cccc(-c5ccc6c(c5)oc5ccccc56)c4)c4ccccc4-c4cccc5c4oc4ccccc45)c4ccccc4c4ccccc34)cc2)cc1. The van der Waals surface area contributed by atoms with Gasteiger partial charge in [0, 0.05) is 49.3 Å². The van der Waals surface area contributed by atoms with Gasteiger partial charge in [-0.3, -0.25) is 0 Å². The van der Waals surface area contributed by atoms with Crippen LogP contribution in [0.25, 0.3) is 110 Å². The third kappa shape index (κ3) is 6.05. The minimum atomic E-state index is 0.870. The van der Waals surface area contributed by atoms with E-state index < -0.39 is 0 Å². The quantitative estimate of drug-likeness (QED) is 0.150. The average Bonchev–Trinajstić information content (AvgIpc) is 3.95. The maximum atomic E-state index is 6.76. The van der Waals surface area contributed by atoms with E-state index in [0.29, 0.717) is 0 Å². The van der Waals surface area contributed by atoms with Crippen molar-refractivity contribution in [3.8, 4) is 44.5 Å². The number of nitrogens with zero attached hydrogens (tertiary/aromatic N) is 1. The van der Waals surface area contributed by atoms with Crippen molar-refractivity contribution in [2.24, 2.45) is 0 Å². The summed E-state index contributed by atoms with van der Waals surface area (Å²) < 4.78 is 13.2. The van der Waals surface area contributed by atoms with Crippen molar-refractivity contribution in [1.29, 1.82) is 0 Å². The monoisotopic (exact) mass is 829 g/mol. The Morgan fingerprint density at radius 1 is 0.277 bits per heavy atom. The molecule has 304 valence electrons. The molecule has 0 bridgehead atoms. The highest BCUT2D eigenvalue weighted by molar-refractivity contribution is 6.23. The highest BCUT2D eigenvalue weighted by Gasteiger charge is 2.27. The van der Waals surface area contributed by atoms with Crippen molar-refractivity contribution < 1.29 is 8.83 Å².